The van der Waals surface area contributed by atoms with Gasteiger partial charge in [-0.3, -0.25) is 0 Å². The van der Waals surface area contributed by atoms with Crippen LogP contribution in [-0.4, -0.2) is 42.5 Å². The molecule has 1 saturated heterocycles. The van der Waals surface area contributed by atoms with Crippen molar-refractivity contribution in [2.75, 3.05) is 0 Å². The van der Waals surface area contributed by atoms with Crippen molar-refractivity contribution in [1.29, 1.82) is 0 Å². The van der Waals surface area contributed by atoms with E-state index in [0.717, 1.165) is 0 Å². The van der Waals surface area contributed by atoms with Gasteiger partial charge in [-0.2, -0.15) is 0 Å². The normalized spacial score (nSPS) is 17.6. The summed E-state index contributed by atoms with van der Waals surface area (Å²) in [5.74, 6) is 0. The largest absolute Gasteiger partial charge is 0.341 e. The lowest BCUT2D eigenvalue weighted by Gasteiger charge is -2.72. The van der Waals surface area contributed by atoms with Crippen LogP contribution in [0.1, 0.15) is 0 Å². The summed E-state index contributed by atoms with van der Waals surface area (Å²) in [7, 11) is -6.78. The molecule has 4 aromatic carbocycles. The highest BCUT2D eigenvalue weighted by Crippen LogP contribution is 2.40. The Morgan fingerprint density at radius 3 is 0.794 bits per heavy atom. The van der Waals surface area contributed by atoms with E-state index >= 15 is 0 Å². The molecule has 1 heterocycles. The molecule has 1 fully saturated rings. The summed E-state index contributed by atoms with van der Waals surface area (Å²) in [6.07, 6.45) is 0. The lowest BCUT2D eigenvalue weighted by Crippen LogP contribution is -2.98. The Labute approximate surface area is 210 Å². The van der Waals surface area contributed by atoms with E-state index in [9.17, 15) is 0 Å². The van der Waals surface area contributed by atoms with E-state index in [1.165, 1.54) is 0 Å². The number of hydrogen-bond donors (Lipinski definition) is 0. The molecule has 0 spiro atoms. The number of rotatable bonds is 6. The number of nitrogens with zero attached hydrogens (tertiary/aromatic N) is 2. The van der Waals surface area contributed by atoms with Crippen molar-refractivity contribution in [3.63, 3.8) is 0 Å². The minimum absolute atomic E-state index is 1.54. The summed E-state index contributed by atoms with van der Waals surface area (Å²) >= 11 is 0. The topological polar surface area (TPSA) is 6.48 Å². The third-order valence-corrected chi connectivity index (χ3v) is 34.4. The maximum absolute atomic E-state index is 3.14. The lowest BCUT2D eigenvalue weighted by molar-refractivity contribution is 0.646. The molecule has 0 saturated carbocycles. The van der Waals surface area contributed by atoms with Crippen LogP contribution in [0.4, 0.5) is 0 Å². The molecule has 1 aliphatic heterocycles. The minimum Gasteiger partial charge on any atom is -0.341 e. The Kier molecular flexibility index (Phi) is 6.45. The van der Waals surface area contributed by atoms with Gasteiger partial charge in [-0.1, -0.05) is 121 Å². The molecule has 0 unspecified atom stereocenters. The van der Waals surface area contributed by atoms with Crippen molar-refractivity contribution in [1.82, 2.24) is 7.79 Å². The van der Waals surface area contributed by atoms with Gasteiger partial charge in [-0.15, -0.1) is 0 Å². The second-order valence-corrected chi connectivity index (χ2v) is 26.4. The molecule has 0 amide bonds. The highest BCUT2D eigenvalue weighted by Gasteiger charge is 2.65. The third kappa shape index (κ3) is 4.04. The monoisotopic (exact) mass is 510 g/mol. The van der Waals surface area contributed by atoms with Gasteiger partial charge in [-0.25, -0.2) is 0 Å². The second kappa shape index (κ2) is 9.37. The van der Waals surface area contributed by atoms with E-state index in [4.69, 9.17) is 0 Å². The fourth-order valence-corrected chi connectivity index (χ4v) is 39.8. The van der Waals surface area contributed by atoms with Gasteiger partial charge in [0, 0.05) is 0 Å². The van der Waals surface area contributed by atoms with Gasteiger partial charge >= 0.3 is 0 Å². The SMILES string of the molecule is C[Si]1(C)N([SiH](c2ccccc2)c2ccccc2)[Si](C)(C)N1[SiH](c1ccccc1)c1ccccc1. The van der Waals surface area contributed by atoms with Crippen molar-refractivity contribution in [2.45, 2.75) is 26.2 Å². The van der Waals surface area contributed by atoms with Gasteiger partial charge in [0.05, 0.1) is 0 Å². The molecule has 0 radical (unpaired) electrons. The number of hydrogen-bond acceptors (Lipinski definition) is 2. The zero-order valence-electron chi connectivity index (χ0n) is 20.6. The van der Waals surface area contributed by atoms with Crippen LogP contribution in [0, 0.1) is 0 Å². The van der Waals surface area contributed by atoms with Gasteiger partial charge in [0.1, 0.15) is 0 Å². The molecule has 34 heavy (non-hydrogen) atoms. The average Bonchev–Trinajstić information content (AvgIpc) is 2.87. The first-order chi connectivity index (χ1) is 16.4. The maximum atomic E-state index is 3.14. The molecule has 1 aliphatic rings. The molecule has 0 bridgehead atoms. The third-order valence-electron chi connectivity index (χ3n) is 7.34. The fourth-order valence-electron chi connectivity index (χ4n) is 6.31. The van der Waals surface area contributed by atoms with Gasteiger partial charge in [0.15, 0.2) is 34.7 Å². The Hall–Kier alpha value is -2.33. The van der Waals surface area contributed by atoms with Crippen molar-refractivity contribution in [3.8, 4) is 0 Å². The molecular formula is C28H34N2Si4. The predicted molar refractivity (Wildman–Crippen MR) is 157 cm³/mol. The Morgan fingerprint density at radius 1 is 0.382 bits per heavy atom. The Bertz CT molecular complexity index is 1030. The maximum Gasteiger partial charge on any atom is 0.176 e. The quantitative estimate of drug-likeness (QED) is 0.368. The fraction of sp³-hybridized carbons (Fsp3) is 0.143. The van der Waals surface area contributed by atoms with E-state index in [1.54, 1.807) is 20.7 Å². The Morgan fingerprint density at radius 2 is 0.588 bits per heavy atom. The van der Waals surface area contributed by atoms with Crippen molar-refractivity contribution < 1.29 is 0 Å². The highest BCUT2D eigenvalue weighted by atomic mass is 28.6. The van der Waals surface area contributed by atoms with Crippen LogP contribution in [0.3, 0.4) is 0 Å². The summed E-state index contributed by atoms with van der Waals surface area (Å²) in [6.45, 7) is 10.5. The smallest absolute Gasteiger partial charge is 0.176 e. The molecule has 6 heteroatoms. The average molecular weight is 511 g/mol. The van der Waals surface area contributed by atoms with Crippen LogP contribution in [0.5, 0.6) is 0 Å². The van der Waals surface area contributed by atoms with E-state index < -0.39 is 34.7 Å². The van der Waals surface area contributed by atoms with E-state index in [2.05, 4.69) is 155 Å². The minimum atomic E-state index is -1.85. The van der Waals surface area contributed by atoms with E-state index in [-0.39, 0.29) is 0 Å². The van der Waals surface area contributed by atoms with Crippen LogP contribution in [-0.2, 0) is 0 Å². The zero-order valence-corrected chi connectivity index (χ0v) is 24.9. The van der Waals surface area contributed by atoms with E-state index in [1.807, 2.05) is 0 Å². The number of benzene rings is 4. The summed E-state index contributed by atoms with van der Waals surface area (Å²) in [5, 5.41) is 6.19. The first-order valence-electron chi connectivity index (χ1n) is 12.2. The lowest BCUT2D eigenvalue weighted by atomic mass is 10.4. The summed E-state index contributed by atoms with van der Waals surface area (Å²) in [5.41, 5.74) is 0. The summed E-state index contributed by atoms with van der Waals surface area (Å²) in [4.78, 5) is 0. The molecule has 0 aliphatic carbocycles. The highest BCUT2D eigenvalue weighted by molar-refractivity contribution is 7.21. The van der Waals surface area contributed by atoms with Crippen molar-refractivity contribution in [2.24, 2.45) is 0 Å². The molecular weight excluding hydrogens is 477 g/mol. The zero-order chi connectivity index (χ0) is 23.8. The Balaban J connectivity index is 1.63. The van der Waals surface area contributed by atoms with Crippen LogP contribution < -0.4 is 20.7 Å². The van der Waals surface area contributed by atoms with Crippen molar-refractivity contribution in [3.05, 3.63) is 121 Å². The van der Waals surface area contributed by atoms with Crippen LogP contribution in [0.2, 0.25) is 26.2 Å². The van der Waals surface area contributed by atoms with Crippen LogP contribution >= 0.6 is 0 Å². The molecule has 0 N–H and O–H groups in total. The van der Waals surface area contributed by atoms with Gasteiger partial charge in [0.2, 0.25) is 0 Å². The van der Waals surface area contributed by atoms with Crippen LogP contribution in [0.25, 0.3) is 0 Å². The molecule has 2 nitrogen and oxygen atoms in total. The summed E-state index contributed by atoms with van der Waals surface area (Å²) < 4.78 is 6.27. The summed E-state index contributed by atoms with van der Waals surface area (Å²) in [6, 6.07) is 45.5. The van der Waals surface area contributed by atoms with Gasteiger partial charge < -0.3 is 7.79 Å². The predicted octanol–water partition coefficient (Wildman–Crippen LogP) is 3.08. The first-order valence-corrected chi connectivity index (χ1v) is 21.3. The standard InChI is InChI=1S/C28H34N2Si4/c1-33(2)29(31(25-17-9-5-10-18-25)26-19-11-6-12-20-26)34(3,4)30(33)32(27-21-13-7-14-22-27)28-23-15-8-16-24-28/h5-24,31-32H,1-4H3. The molecule has 4 aromatic rings. The van der Waals surface area contributed by atoms with E-state index in [0.29, 0.717) is 0 Å². The second-order valence-electron chi connectivity index (χ2n) is 10.2. The van der Waals surface area contributed by atoms with Crippen LogP contribution in [0.15, 0.2) is 121 Å². The molecule has 0 aromatic heterocycles. The molecule has 5 rings (SSSR count). The molecule has 0 atom stereocenters. The van der Waals surface area contributed by atoms with Gasteiger partial charge in [0.25, 0.3) is 0 Å². The first kappa shape index (κ1) is 23.4. The van der Waals surface area contributed by atoms with Crippen molar-refractivity contribution >= 4 is 55.5 Å². The molecule has 172 valence electrons. The van der Waals surface area contributed by atoms with Gasteiger partial charge in [-0.05, 0) is 46.9 Å².